The molecule has 118 valence electrons. The first kappa shape index (κ1) is 14.1. The normalized spacial score (nSPS) is 32.6. The molecular weight excluding hydrogens is 276 g/mol. The number of piperidine rings is 1. The van der Waals surface area contributed by atoms with Gasteiger partial charge in [-0.25, -0.2) is 0 Å². The second-order valence-corrected chi connectivity index (χ2v) is 7.48. The van der Waals surface area contributed by atoms with E-state index >= 15 is 0 Å². The number of hydrogen-bond donors (Lipinski definition) is 2. The van der Waals surface area contributed by atoms with Crippen LogP contribution in [0, 0.1) is 17.8 Å². The van der Waals surface area contributed by atoms with Gasteiger partial charge in [0, 0.05) is 5.92 Å². The predicted molar refractivity (Wildman–Crippen MR) is 84.7 cm³/mol. The molecule has 1 saturated carbocycles. The topological polar surface area (TPSA) is 50.4 Å². The molecule has 1 aliphatic carbocycles. The van der Waals surface area contributed by atoms with Crippen molar-refractivity contribution in [2.45, 2.75) is 38.3 Å². The highest BCUT2D eigenvalue weighted by atomic mass is 16.5. The van der Waals surface area contributed by atoms with E-state index in [1.807, 2.05) is 12.1 Å². The van der Waals surface area contributed by atoms with E-state index in [0.717, 1.165) is 31.7 Å². The summed E-state index contributed by atoms with van der Waals surface area (Å²) >= 11 is 0. The molecule has 2 heterocycles. The summed E-state index contributed by atoms with van der Waals surface area (Å²) in [4.78, 5) is 12.5. The van der Waals surface area contributed by atoms with Crippen LogP contribution in [0.25, 0.3) is 0 Å². The first-order chi connectivity index (χ1) is 10.6. The van der Waals surface area contributed by atoms with Gasteiger partial charge in [-0.15, -0.1) is 0 Å². The Balaban J connectivity index is 1.42. The lowest BCUT2D eigenvalue weighted by Gasteiger charge is -2.38. The summed E-state index contributed by atoms with van der Waals surface area (Å²) in [6, 6.07) is 8.20. The van der Waals surface area contributed by atoms with Gasteiger partial charge in [0.25, 0.3) is 0 Å². The summed E-state index contributed by atoms with van der Waals surface area (Å²) in [5, 5.41) is 6.59. The van der Waals surface area contributed by atoms with Crippen molar-refractivity contribution in [3.63, 3.8) is 0 Å². The third-order valence-corrected chi connectivity index (χ3v) is 5.56. The highest BCUT2D eigenvalue weighted by Gasteiger charge is 2.57. The lowest BCUT2D eigenvalue weighted by atomic mass is 9.89. The van der Waals surface area contributed by atoms with Gasteiger partial charge < -0.3 is 15.4 Å². The molecule has 4 nitrogen and oxygen atoms in total. The van der Waals surface area contributed by atoms with Crippen molar-refractivity contribution in [1.29, 1.82) is 0 Å². The van der Waals surface area contributed by atoms with E-state index in [-0.39, 0.29) is 23.5 Å². The van der Waals surface area contributed by atoms with Crippen LogP contribution in [0.5, 0.6) is 5.75 Å². The average molecular weight is 300 g/mol. The molecule has 4 atom stereocenters. The van der Waals surface area contributed by atoms with Crippen molar-refractivity contribution in [1.82, 2.24) is 10.6 Å². The number of carbonyl (C=O) groups is 1. The second kappa shape index (κ2) is 4.98. The van der Waals surface area contributed by atoms with E-state index in [0.29, 0.717) is 11.8 Å². The number of nitrogens with one attached hydrogen (secondary N) is 2. The van der Waals surface area contributed by atoms with Gasteiger partial charge in [0.1, 0.15) is 11.9 Å². The van der Waals surface area contributed by atoms with Gasteiger partial charge in [-0.2, -0.15) is 0 Å². The standard InChI is InChI=1S/C18H24N2O2/c1-18(2,20-17(21)16-12-9-19-10-13(12)16)15-8-7-11-5-3-4-6-14(11)22-15/h3-6,12-13,15-16,19H,7-10H2,1-2H3,(H,20,21)/t12-,13+,15?,16+. The third-order valence-electron chi connectivity index (χ3n) is 5.56. The zero-order valence-electron chi connectivity index (χ0n) is 13.3. The number of para-hydroxylation sites is 1. The van der Waals surface area contributed by atoms with E-state index in [1.165, 1.54) is 5.56 Å². The maximum Gasteiger partial charge on any atom is 0.224 e. The Morgan fingerprint density at radius 1 is 1.27 bits per heavy atom. The van der Waals surface area contributed by atoms with Crippen LogP contribution in [-0.2, 0) is 11.2 Å². The number of benzene rings is 1. The van der Waals surface area contributed by atoms with Crippen LogP contribution in [0.2, 0.25) is 0 Å². The van der Waals surface area contributed by atoms with Gasteiger partial charge in [-0.05, 0) is 63.2 Å². The molecule has 0 bridgehead atoms. The largest absolute Gasteiger partial charge is 0.488 e. The molecule has 2 fully saturated rings. The summed E-state index contributed by atoms with van der Waals surface area (Å²) in [5.41, 5.74) is 0.929. The second-order valence-electron chi connectivity index (χ2n) is 7.48. The van der Waals surface area contributed by atoms with E-state index in [2.05, 4.69) is 36.6 Å². The van der Waals surface area contributed by atoms with Gasteiger partial charge in [-0.1, -0.05) is 18.2 Å². The van der Waals surface area contributed by atoms with Crippen LogP contribution in [-0.4, -0.2) is 30.6 Å². The number of hydrogen-bond acceptors (Lipinski definition) is 3. The van der Waals surface area contributed by atoms with Crippen molar-refractivity contribution in [2.75, 3.05) is 13.1 Å². The van der Waals surface area contributed by atoms with Gasteiger partial charge >= 0.3 is 0 Å². The highest BCUT2D eigenvalue weighted by molar-refractivity contribution is 5.83. The van der Waals surface area contributed by atoms with Crippen LogP contribution < -0.4 is 15.4 Å². The molecule has 1 amide bonds. The minimum Gasteiger partial charge on any atom is -0.488 e. The van der Waals surface area contributed by atoms with Crippen molar-refractivity contribution in [3.8, 4) is 5.75 Å². The maximum absolute atomic E-state index is 12.5. The Hall–Kier alpha value is -1.55. The lowest BCUT2D eigenvalue weighted by Crippen LogP contribution is -2.56. The molecule has 4 heteroatoms. The maximum atomic E-state index is 12.5. The molecule has 0 radical (unpaired) electrons. The predicted octanol–water partition coefficient (Wildman–Crippen LogP) is 1.74. The van der Waals surface area contributed by atoms with Crippen molar-refractivity contribution >= 4 is 5.91 Å². The Kier molecular flexibility index (Phi) is 3.19. The van der Waals surface area contributed by atoms with Crippen LogP contribution in [0.15, 0.2) is 24.3 Å². The van der Waals surface area contributed by atoms with Gasteiger partial charge in [0.05, 0.1) is 5.54 Å². The van der Waals surface area contributed by atoms with E-state index < -0.39 is 0 Å². The average Bonchev–Trinajstić information content (AvgIpc) is 3.00. The van der Waals surface area contributed by atoms with Crippen LogP contribution in [0.4, 0.5) is 0 Å². The fraction of sp³-hybridized carbons (Fsp3) is 0.611. The third kappa shape index (κ3) is 2.30. The number of fused-ring (bicyclic) bond motifs is 2. The molecule has 3 aliphatic rings. The molecule has 1 aromatic carbocycles. The van der Waals surface area contributed by atoms with Gasteiger partial charge in [0.2, 0.25) is 5.91 Å². The summed E-state index contributed by atoms with van der Waals surface area (Å²) in [6.45, 7) is 6.16. The molecule has 0 aromatic heterocycles. The molecule has 2 N–H and O–H groups in total. The fourth-order valence-electron chi connectivity index (χ4n) is 4.12. The highest BCUT2D eigenvalue weighted by Crippen LogP contribution is 2.49. The monoisotopic (exact) mass is 300 g/mol. The van der Waals surface area contributed by atoms with E-state index in [9.17, 15) is 4.79 Å². The molecular formula is C18H24N2O2. The Bertz CT molecular complexity index is 589. The molecule has 2 aliphatic heterocycles. The van der Waals surface area contributed by atoms with Gasteiger partial charge in [-0.3, -0.25) is 4.79 Å². The van der Waals surface area contributed by atoms with E-state index in [1.54, 1.807) is 0 Å². The Morgan fingerprint density at radius 2 is 2.00 bits per heavy atom. The zero-order valence-corrected chi connectivity index (χ0v) is 13.3. The molecule has 22 heavy (non-hydrogen) atoms. The number of ether oxygens (including phenoxy) is 1. The van der Waals surface area contributed by atoms with Crippen LogP contribution >= 0.6 is 0 Å². The Labute approximate surface area is 131 Å². The minimum atomic E-state index is -0.338. The first-order valence-corrected chi connectivity index (χ1v) is 8.33. The lowest BCUT2D eigenvalue weighted by molar-refractivity contribution is -0.126. The fourth-order valence-corrected chi connectivity index (χ4v) is 4.12. The summed E-state index contributed by atoms with van der Waals surface area (Å²) in [5.74, 6) is 2.52. The molecule has 0 spiro atoms. The quantitative estimate of drug-likeness (QED) is 0.894. The van der Waals surface area contributed by atoms with Gasteiger partial charge in [0.15, 0.2) is 0 Å². The number of amides is 1. The van der Waals surface area contributed by atoms with Crippen molar-refractivity contribution in [3.05, 3.63) is 29.8 Å². The summed E-state index contributed by atoms with van der Waals surface area (Å²) in [7, 11) is 0. The van der Waals surface area contributed by atoms with Crippen LogP contribution in [0.3, 0.4) is 0 Å². The Morgan fingerprint density at radius 3 is 2.77 bits per heavy atom. The first-order valence-electron chi connectivity index (χ1n) is 8.33. The van der Waals surface area contributed by atoms with Crippen LogP contribution in [0.1, 0.15) is 25.8 Å². The minimum absolute atomic E-state index is 0.0306. The van der Waals surface area contributed by atoms with Crippen molar-refractivity contribution in [2.24, 2.45) is 17.8 Å². The molecule has 1 saturated heterocycles. The van der Waals surface area contributed by atoms with E-state index in [4.69, 9.17) is 4.74 Å². The zero-order chi connectivity index (χ0) is 15.3. The smallest absolute Gasteiger partial charge is 0.224 e. The number of carbonyl (C=O) groups excluding carboxylic acids is 1. The number of aryl methyl sites for hydroxylation is 1. The molecule has 1 aromatic rings. The molecule has 1 unspecified atom stereocenters. The summed E-state index contributed by atoms with van der Waals surface area (Å²) < 4.78 is 6.16. The SMILES string of the molecule is CC(C)(NC(=O)[C@H]1[C@@H]2CNC[C@@H]21)C1CCc2ccccc2O1. The molecule has 4 rings (SSSR count). The summed E-state index contributed by atoms with van der Waals surface area (Å²) in [6.07, 6.45) is 1.99. The van der Waals surface area contributed by atoms with Crippen molar-refractivity contribution < 1.29 is 9.53 Å². The number of rotatable bonds is 3.